The zero-order valence-corrected chi connectivity index (χ0v) is 10.2. The molecule has 0 atom stereocenters. The number of hydrogen-bond donors (Lipinski definition) is 1. The molecule has 4 nitrogen and oxygen atoms in total. The van der Waals surface area contributed by atoms with Crippen LogP contribution in [0.4, 0.5) is 10.1 Å². The third-order valence-corrected chi connectivity index (χ3v) is 4.82. The van der Waals surface area contributed by atoms with E-state index >= 15 is 0 Å². The lowest BCUT2D eigenvalue weighted by Gasteiger charge is -2.25. The Hall–Kier alpha value is -1.14. The summed E-state index contributed by atoms with van der Waals surface area (Å²) in [6, 6.07) is 3.62. The molecule has 0 bridgehead atoms. The van der Waals surface area contributed by atoms with Crippen LogP contribution in [-0.2, 0) is 10.0 Å². The van der Waals surface area contributed by atoms with Gasteiger partial charge in [0.05, 0.1) is 10.6 Å². The average Bonchev–Trinajstić information content (AvgIpc) is 2.33. The molecule has 0 spiro atoms. The van der Waals surface area contributed by atoms with E-state index in [9.17, 15) is 12.8 Å². The molecule has 1 aromatic carbocycles. The molecule has 1 saturated heterocycles. The van der Waals surface area contributed by atoms with Crippen LogP contribution in [0.5, 0.6) is 0 Å². The van der Waals surface area contributed by atoms with Crippen LogP contribution in [-0.4, -0.2) is 25.8 Å². The van der Waals surface area contributed by atoms with Gasteiger partial charge < -0.3 is 5.73 Å². The second kappa shape index (κ2) is 4.62. The van der Waals surface area contributed by atoms with E-state index in [1.807, 2.05) is 0 Å². The molecule has 0 unspecified atom stereocenters. The van der Waals surface area contributed by atoms with Gasteiger partial charge >= 0.3 is 0 Å². The monoisotopic (exact) mass is 258 g/mol. The number of benzene rings is 1. The number of piperidine rings is 1. The molecule has 1 aliphatic rings. The molecule has 1 aromatic rings. The standard InChI is InChI=1S/C11H15FN2O2S/c12-10-8-9(4-5-11(10)13)17(15,16)14-6-2-1-3-7-14/h4-5,8H,1-3,6-7,13H2. The van der Waals surface area contributed by atoms with Crippen LogP contribution in [0.2, 0.25) is 0 Å². The Bertz CT molecular complexity index is 510. The summed E-state index contributed by atoms with van der Waals surface area (Å²) in [6.45, 7) is 1.02. The van der Waals surface area contributed by atoms with Crippen molar-refractivity contribution in [3.05, 3.63) is 24.0 Å². The molecule has 0 aromatic heterocycles. The van der Waals surface area contributed by atoms with Crippen LogP contribution in [0.15, 0.2) is 23.1 Å². The van der Waals surface area contributed by atoms with Crippen LogP contribution in [0.1, 0.15) is 19.3 Å². The molecule has 1 fully saturated rings. The van der Waals surface area contributed by atoms with Crippen LogP contribution in [0.3, 0.4) is 0 Å². The summed E-state index contributed by atoms with van der Waals surface area (Å²) in [5.74, 6) is -0.692. The minimum Gasteiger partial charge on any atom is -0.396 e. The molecule has 1 aliphatic heterocycles. The highest BCUT2D eigenvalue weighted by Gasteiger charge is 2.26. The zero-order valence-electron chi connectivity index (χ0n) is 9.39. The smallest absolute Gasteiger partial charge is 0.243 e. The normalized spacial score (nSPS) is 18.2. The summed E-state index contributed by atoms with van der Waals surface area (Å²) in [6.07, 6.45) is 2.76. The summed E-state index contributed by atoms with van der Waals surface area (Å²) in [7, 11) is -3.56. The third-order valence-electron chi connectivity index (χ3n) is 2.92. The SMILES string of the molecule is Nc1ccc(S(=O)(=O)N2CCCCC2)cc1F. The fourth-order valence-corrected chi connectivity index (χ4v) is 3.45. The largest absolute Gasteiger partial charge is 0.396 e. The van der Waals surface area contributed by atoms with E-state index < -0.39 is 15.8 Å². The molecule has 0 saturated carbocycles. The van der Waals surface area contributed by atoms with Gasteiger partial charge in [-0.3, -0.25) is 0 Å². The molecule has 6 heteroatoms. The van der Waals surface area contributed by atoms with Crippen molar-refractivity contribution in [1.82, 2.24) is 4.31 Å². The summed E-state index contributed by atoms with van der Waals surface area (Å²) in [5.41, 5.74) is 5.29. The Morgan fingerprint density at radius 2 is 1.82 bits per heavy atom. The highest BCUT2D eigenvalue weighted by atomic mass is 32.2. The lowest BCUT2D eigenvalue weighted by Crippen LogP contribution is -2.35. The topological polar surface area (TPSA) is 63.4 Å². The summed E-state index contributed by atoms with van der Waals surface area (Å²) < 4.78 is 39.0. The fraction of sp³-hybridized carbons (Fsp3) is 0.455. The summed E-state index contributed by atoms with van der Waals surface area (Å²) >= 11 is 0. The predicted molar refractivity (Wildman–Crippen MR) is 63.4 cm³/mol. The first kappa shape index (κ1) is 12.3. The van der Waals surface area contributed by atoms with E-state index in [4.69, 9.17) is 5.73 Å². The molecule has 17 heavy (non-hydrogen) atoms. The number of rotatable bonds is 2. The maximum absolute atomic E-state index is 13.3. The van der Waals surface area contributed by atoms with Gasteiger partial charge in [-0.1, -0.05) is 6.42 Å². The van der Waals surface area contributed by atoms with Gasteiger partial charge in [0.1, 0.15) is 5.82 Å². The first-order valence-corrected chi connectivity index (χ1v) is 7.01. The van der Waals surface area contributed by atoms with Gasteiger partial charge in [0.2, 0.25) is 10.0 Å². The van der Waals surface area contributed by atoms with E-state index in [0.717, 1.165) is 25.3 Å². The lowest BCUT2D eigenvalue weighted by atomic mass is 10.2. The van der Waals surface area contributed by atoms with Gasteiger partial charge in [0.15, 0.2) is 0 Å². The molecule has 94 valence electrons. The number of hydrogen-bond acceptors (Lipinski definition) is 3. The minimum atomic E-state index is -3.56. The van der Waals surface area contributed by atoms with Crippen molar-refractivity contribution >= 4 is 15.7 Å². The molecule has 2 rings (SSSR count). The quantitative estimate of drug-likeness (QED) is 0.819. The minimum absolute atomic E-state index is 0.0221. The maximum atomic E-state index is 13.3. The van der Waals surface area contributed by atoms with Gasteiger partial charge in [-0.25, -0.2) is 12.8 Å². The number of nitrogens with zero attached hydrogens (tertiary/aromatic N) is 1. The number of nitrogen functional groups attached to an aromatic ring is 1. The third kappa shape index (κ3) is 2.42. The van der Waals surface area contributed by atoms with Crippen molar-refractivity contribution in [2.45, 2.75) is 24.2 Å². The van der Waals surface area contributed by atoms with E-state index in [1.165, 1.54) is 16.4 Å². The van der Waals surface area contributed by atoms with Gasteiger partial charge in [0, 0.05) is 13.1 Å². The van der Waals surface area contributed by atoms with Crippen molar-refractivity contribution < 1.29 is 12.8 Å². The molecular weight excluding hydrogens is 243 g/mol. The van der Waals surface area contributed by atoms with Crippen molar-refractivity contribution in [2.24, 2.45) is 0 Å². The predicted octanol–water partition coefficient (Wildman–Crippen LogP) is 1.58. The number of nitrogens with two attached hydrogens (primary N) is 1. The highest BCUT2D eigenvalue weighted by Crippen LogP contribution is 2.22. The summed E-state index contributed by atoms with van der Waals surface area (Å²) in [5, 5.41) is 0. The Kier molecular flexibility index (Phi) is 3.35. The second-order valence-electron chi connectivity index (χ2n) is 4.15. The van der Waals surface area contributed by atoms with E-state index in [0.29, 0.717) is 13.1 Å². The molecule has 0 amide bonds. The van der Waals surface area contributed by atoms with E-state index in [1.54, 1.807) is 0 Å². The summed E-state index contributed by atoms with van der Waals surface area (Å²) in [4.78, 5) is -0.0221. The molecule has 2 N–H and O–H groups in total. The van der Waals surface area contributed by atoms with Crippen molar-refractivity contribution in [1.29, 1.82) is 0 Å². The number of anilines is 1. The first-order valence-electron chi connectivity index (χ1n) is 5.57. The molecular formula is C11H15FN2O2S. The van der Waals surface area contributed by atoms with Crippen molar-refractivity contribution in [3.8, 4) is 0 Å². The number of sulfonamides is 1. The van der Waals surface area contributed by atoms with Gasteiger partial charge in [-0.2, -0.15) is 4.31 Å². The Balaban J connectivity index is 2.33. The van der Waals surface area contributed by atoms with E-state index in [2.05, 4.69) is 0 Å². The van der Waals surface area contributed by atoms with Gasteiger partial charge in [0.25, 0.3) is 0 Å². The van der Waals surface area contributed by atoms with Crippen LogP contribution < -0.4 is 5.73 Å². The van der Waals surface area contributed by atoms with Crippen molar-refractivity contribution in [3.63, 3.8) is 0 Å². The second-order valence-corrected chi connectivity index (χ2v) is 6.09. The van der Waals surface area contributed by atoms with Crippen LogP contribution in [0.25, 0.3) is 0 Å². The van der Waals surface area contributed by atoms with Crippen molar-refractivity contribution in [2.75, 3.05) is 18.8 Å². The number of halogens is 1. The Morgan fingerprint density at radius 3 is 2.41 bits per heavy atom. The Labute approximate surface area is 100 Å². The van der Waals surface area contributed by atoms with Crippen LogP contribution in [0, 0.1) is 5.82 Å². The fourth-order valence-electron chi connectivity index (χ4n) is 1.92. The lowest BCUT2D eigenvalue weighted by molar-refractivity contribution is 0.346. The van der Waals surface area contributed by atoms with Gasteiger partial charge in [-0.15, -0.1) is 0 Å². The first-order chi connectivity index (χ1) is 8.01. The molecule has 0 aliphatic carbocycles. The zero-order chi connectivity index (χ0) is 12.5. The maximum Gasteiger partial charge on any atom is 0.243 e. The van der Waals surface area contributed by atoms with Crippen LogP contribution >= 0.6 is 0 Å². The Morgan fingerprint density at radius 1 is 1.18 bits per heavy atom. The molecule has 1 heterocycles. The molecule has 0 radical (unpaired) electrons. The van der Waals surface area contributed by atoms with E-state index in [-0.39, 0.29) is 10.6 Å². The van der Waals surface area contributed by atoms with Gasteiger partial charge in [-0.05, 0) is 31.0 Å². The average molecular weight is 258 g/mol. The highest BCUT2D eigenvalue weighted by molar-refractivity contribution is 7.89.